The second kappa shape index (κ2) is 6.23. The average Bonchev–Trinajstić information content (AvgIpc) is 2.81. The van der Waals surface area contributed by atoms with Crippen molar-refractivity contribution in [2.24, 2.45) is 0 Å². The molecule has 1 aromatic heterocycles. The number of carbonyl (C=O) groups excluding carboxylic acids is 1. The SMILES string of the molecule is COC(=O)Oc1ccccc1Oc1snc(Cl)c1C#N. The van der Waals surface area contributed by atoms with Crippen LogP contribution in [0, 0.1) is 11.3 Å². The molecule has 0 atom stereocenters. The number of nitriles is 1. The Balaban J connectivity index is 2.30. The van der Waals surface area contributed by atoms with Crippen molar-refractivity contribution >= 4 is 29.3 Å². The summed E-state index contributed by atoms with van der Waals surface area (Å²) in [5, 5.41) is 9.25. The number of methoxy groups -OCH3 is 1. The van der Waals surface area contributed by atoms with Gasteiger partial charge in [0.2, 0.25) is 5.06 Å². The zero-order chi connectivity index (χ0) is 14.5. The topological polar surface area (TPSA) is 81.4 Å². The van der Waals surface area contributed by atoms with Crippen LogP contribution in [0.5, 0.6) is 16.6 Å². The fourth-order valence-electron chi connectivity index (χ4n) is 1.27. The van der Waals surface area contributed by atoms with Gasteiger partial charge in [-0.15, -0.1) is 0 Å². The number of carbonyl (C=O) groups is 1. The fraction of sp³-hybridized carbons (Fsp3) is 0.0833. The van der Waals surface area contributed by atoms with Crippen molar-refractivity contribution in [2.45, 2.75) is 0 Å². The monoisotopic (exact) mass is 310 g/mol. The van der Waals surface area contributed by atoms with Crippen molar-refractivity contribution in [1.82, 2.24) is 4.37 Å². The Hall–Kier alpha value is -2.30. The Morgan fingerprint density at radius 2 is 2.10 bits per heavy atom. The highest BCUT2D eigenvalue weighted by Crippen LogP contribution is 2.37. The first-order valence-electron chi connectivity index (χ1n) is 5.23. The third kappa shape index (κ3) is 2.99. The Morgan fingerprint density at radius 3 is 2.75 bits per heavy atom. The molecule has 0 unspecified atom stereocenters. The summed E-state index contributed by atoms with van der Waals surface area (Å²) >= 11 is 6.68. The summed E-state index contributed by atoms with van der Waals surface area (Å²) in [5.74, 6) is 0.405. The molecule has 0 aliphatic carbocycles. The Morgan fingerprint density at radius 1 is 1.40 bits per heavy atom. The van der Waals surface area contributed by atoms with Crippen LogP contribution in [0.4, 0.5) is 4.79 Å². The van der Waals surface area contributed by atoms with Gasteiger partial charge in [-0.05, 0) is 12.1 Å². The van der Waals surface area contributed by atoms with Gasteiger partial charge < -0.3 is 14.2 Å². The van der Waals surface area contributed by atoms with E-state index in [0.29, 0.717) is 0 Å². The molecule has 0 bridgehead atoms. The quantitative estimate of drug-likeness (QED) is 0.636. The van der Waals surface area contributed by atoms with Gasteiger partial charge in [0.25, 0.3) is 0 Å². The minimum absolute atomic E-state index is 0.0684. The summed E-state index contributed by atoms with van der Waals surface area (Å²) in [7, 11) is 1.20. The molecule has 6 nitrogen and oxygen atoms in total. The lowest BCUT2D eigenvalue weighted by atomic mass is 10.3. The Bertz CT molecular complexity index is 680. The predicted octanol–water partition coefficient (Wildman–Crippen LogP) is 3.61. The van der Waals surface area contributed by atoms with E-state index in [2.05, 4.69) is 9.11 Å². The van der Waals surface area contributed by atoms with Crippen LogP contribution in [0.15, 0.2) is 24.3 Å². The van der Waals surface area contributed by atoms with E-state index < -0.39 is 6.16 Å². The van der Waals surface area contributed by atoms with Crippen LogP contribution < -0.4 is 9.47 Å². The summed E-state index contributed by atoms with van der Waals surface area (Å²) in [6.45, 7) is 0. The minimum Gasteiger partial charge on any atom is -0.440 e. The van der Waals surface area contributed by atoms with E-state index in [1.165, 1.54) is 13.2 Å². The molecule has 1 heterocycles. The molecule has 8 heteroatoms. The van der Waals surface area contributed by atoms with Gasteiger partial charge in [-0.1, -0.05) is 23.7 Å². The normalized spacial score (nSPS) is 9.65. The maximum atomic E-state index is 11.1. The molecule has 0 spiro atoms. The zero-order valence-electron chi connectivity index (χ0n) is 10.1. The van der Waals surface area contributed by atoms with Gasteiger partial charge in [-0.25, -0.2) is 4.79 Å². The first-order valence-corrected chi connectivity index (χ1v) is 6.38. The van der Waals surface area contributed by atoms with Gasteiger partial charge in [0.15, 0.2) is 16.7 Å². The molecular formula is C12H7ClN2O4S. The van der Waals surface area contributed by atoms with Crippen LogP contribution in [0.2, 0.25) is 5.15 Å². The van der Waals surface area contributed by atoms with Crippen molar-refractivity contribution in [3.63, 3.8) is 0 Å². The third-order valence-corrected chi connectivity index (χ3v) is 3.24. The summed E-state index contributed by atoms with van der Waals surface area (Å²) in [6, 6.07) is 8.35. The van der Waals surface area contributed by atoms with E-state index in [1.807, 2.05) is 6.07 Å². The van der Waals surface area contributed by atoms with E-state index in [4.69, 9.17) is 26.3 Å². The highest BCUT2D eigenvalue weighted by molar-refractivity contribution is 7.08. The van der Waals surface area contributed by atoms with Crippen molar-refractivity contribution in [3.05, 3.63) is 35.0 Å². The van der Waals surface area contributed by atoms with Crippen LogP contribution in [-0.2, 0) is 4.74 Å². The largest absolute Gasteiger partial charge is 0.513 e. The number of para-hydroxylation sites is 2. The molecule has 0 fully saturated rings. The van der Waals surface area contributed by atoms with E-state index >= 15 is 0 Å². The van der Waals surface area contributed by atoms with Gasteiger partial charge in [-0.3, -0.25) is 0 Å². The van der Waals surface area contributed by atoms with E-state index in [1.54, 1.807) is 18.2 Å². The molecule has 102 valence electrons. The fourth-order valence-corrected chi connectivity index (χ4v) is 2.17. The number of nitrogens with zero attached hydrogens (tertiary/aromatic N) is 2. The number of benzene rings is 1. The summed E-state index contributed by atoms with van der Waals surface area (Å²) < 4.78 is 18.7. The van der Waals surface area contributed by atoms with Gasteiger partial charge in [-0.2, -0.15) is 9.64 Å². The summed E-state index contributed by atoms with van der Waals surface area (Å²) in [4.78, 5) is 11.1. The highest BCUT2D eigenvalue weighted by atomic mass is 35.5. The van der Waals surface area contributed by atoms with Gasteiger partial charge in [0.1, 0.15) is 11.6 Å². The van der Waals surface area contributed by atoms with Gasteiger partial charge in [0, 0.05) is 11.5 Å². The molecule has 2 rings (SSSR count). The first kappa shape index (κ1) is 14.1. The van der Waals surface area contributed by atoms with Crippen LogP contribution >= 0.6 is 23.1 Å². The molecule has 0 N–H and O–H groups in total. The smallest absolute Gasteiger partial charge is 0.440 e. The van der Waals surface area contributed by atoms with Gasteiger partial charge in [0.05, 0.1) is 7.11 Å². The first-order chi connectivity index (χ1) is 9.65. The molecule has 2 aromatic rings. The standard InChI is InChI=1S/C12H7ClN2O4S/c1-17-12(16)19-9-5-3-2-4-8(9)18-11-7(6-14)10(13)15-20-11/h2-5H,1H3. The number of hydrogen-bond acceptors (Lipinski definition) is 7. The number of hydrogen-bond donors (Lipinski definition) is 0. The molecule has 1 aromatic carbocycles. The molecule has 0 aliphatic rings. The summed E-state index contributed by atoms with van der Waals surface area (Å²) in [5.41, 5.74) is 0.129. The van der Waals surface area contributed by atoms with Crippen LogP contribution in [0.3, 0.4) is 0 Å². The van der Waals surface area contributed by atoms with Crippen LogP contribution in [0.1, 0.15) is 5.56 Å². The van der Waals surface area contributed by atoms with Gasteiger partial charge >= 0.3 is 6.16 Å². The van der Waals surface area contributed by atoms with E-state index in [0.717, 1.165) is 11.5 Å². The molecule has 0 amide bonds. The van der Waals surface area contributed by atoms with Crippen molar-refractivity contribution in [3.8, 4) is 22.6 Å². The van der Waals surface area contributed by atoms with Crippen molar-refractivity contribution < 1.29 is 19.0 Å². The maximum Gasteiger partial charge on any atom is 0.513 e. The van der Waals surface area contributed by atoms with Crippen LogP contribution in [0.25, 0.3) is 0 Å². The molecule has 0 aliphatic heterocycles. The molecule has 0 saturated carbocycles. The van der Waals surface area contributed by atoms with Crippen molar-refractivity contribution in [2.75, 3.05) is 7.11 Å². The molecule has 0 saturated heterocycles. The maximum absolute atomic E-state index is 11.1. The number of aromatic nitrogens is 1. The van der Waals surface area contributed by atoms with Crippen LogP contribution in [-0.4, -0.2) is 17.6 Å². The highest BCUT2D eigenvalue weighted by Gasteiger charge is 2.17. The summed E-state index contributed by atoms with van der Waals surface area (Å²) in [6.07, 6.45) is -0.871. The second-order valence-electron chi connectivity index (χ2n) is 3.35. The molecule has 20 heavy (non-hydrogen) atoms. The number of rotatable bonds is 3. The minimum atomic E-state index is -0.871. The Labute approximate surface area is 123 Å². The van der Waals surface area contributed by atoms with E-state index in [9.17, 15) is 4.79 Å². The Kier molecular flexibility index (Phi) is 4.40. The average molecular weight is 311 g/mol. The lowest BCUT2D eigenvalue weighted by molar-refractivity contribution is 0.120. The third-order valence-electron chi connectivity index (χ3n) is 2.14. The second-order valence-corrected chi connectivity index (χ2v) is 4.45. The zero-order valence-corrected chi connectivity index (χ0v) is 11.7. The lowest BCUT2D eigenvalue weighted by Crippen LogP contribution is -2.07. The number of ether oxygens (including phenoxy) is 3. The number of halogens is 1. The van der Waals surface area contributed by atoms with Crippen molar-refractivity contribution in [1.29, 1.82) is 5.26 Å². The van der Waals surface area contributed by atoms with E-state index in [-0.39, 0.29) is 27.3 Å². The molecular weight excluding hydrogens is 304 g/mol. The molecule has 0 radical (unpaired) electrons. The predicted molar refractivity (Wildman–Crippen MR) is 71.4 cm³/mol. The lowest BCUT2D eigenvalue weighted by Gasteiger charge is -2.08.